The molecule has 3 rings (SSSR count). The molecule has 0 unspecified atom stereocenters. The van der Waals surface area contributed by atoms with Crippen molar-refractivity contribution in [1.82, 2.24) is 4.98 Å². The van der Waals surface area contributed by atoms with E-state index in [2.05, 4.69) is 4.98 Å². The van der Waals surface area contributed by atoms with Crippen LogP contribution >= 0.6 is 0 Å². The molecule has 0 radical (unpaired) electrons. The van der Waals surface area contributed by atoms with E-state index in [1.54, 1.807) is 25.7 Å². The maximum absolute atomic E-state index is 15.5. The molecule has 0 atom stereocenters. The summed E-state index contributed by atoms with van der Waals surface area (Å²) in [7, 11) is 0. The third-order valence-corrected chi connectivity index (χ3v) is 4.39. The van der Waals surface area contributed by atoms with Crippen LogP contribution < -0.4 is 9.64 Å². The fraction of sp³-hybridized carbons (Fsp3) is 0.292. The zero-order valence-electron chi connectivity index (χ0n) is 17.2. The molecule has 0 bridgehead atoms. The first-order valence-electron chi connectivity index (χ1n) is 9.62. The van der Waals surface area contributed by atoms with Gasteiger partial charge in [0.05, 0.1) is 0 Å². The topological polar surface area (TPSA) is 25.4 Å². The molecule has 0 fully saturated rings. The van der Waals surface area contributed by atoms with Gasteiger partial charge in [0.25, 0.3) is 0 Å². The normalized spacial score (nSPS) is 11.4. The van der Waals surface area contributed by atoms with E-state index in [4.69, 9.17) is 4.74 Å². The number of rotatable bonds is 6. The van der Waals surface area contributed by atoms with Crippen molar-refractivity contribution in [2.75, 3.05) is 4.90 Å². The Hall–Kier alpha value is -2.95. The summed E-state index contributed by atoms with van der Waals surface area (Å²) in [6.07, 6.45) is 0. The molecule has 0 aliphatic heterocycles. The van der Waals surface area contributed by atoms with Crippen molar-refractivity contribution < 1.29 is 13.5 Å². The van der Waals surface area contributed by atoms with Crippen LogP contribution in [0.3, 0.4) is 0 Å². The van der Waals surface area contributed by atoms with E-state index in [1.165, 1.54) is 6.92 Å². The zero-order valence-corrected chi connectivity index (χ0v) is 17.2. The molecule has 1 aromatic heterocycles. The van der Waals surface area contributed by atoms with E-state index in [1.807, 2.05) is 60.7 Å². The predicted molar refractivity (Wildman–Crippen MR) is 112 cm³/mol. The van der Waals surface area contributed by atoms with E-state index < -0.39 is 17.4 Å². The van der Waals surface area contributed by atoms with Crippen molar-refractivity contribution in [2.45, 2.75) is 46.4 Å². The third-order valence-electron chi connectivity index (χ3n) is 4.39. The minimum atomic E-state index is -0.730. The fourth-order valence-corrected chi connectivity index (χ4v) is 3.04. The van der Waals surface area contributed by atoms with Crippen LogP contribution in [0.5, 0.6) is 5.75 Å². The number of hydrogen-bond acceptors (Lipinski definition) is 3. The summed E-state index contributed by atoms with van der Waals surface area (Å²) >= 11 is 0. The Kier molecular flexibility index (Phi) is 6.16. The summed E-state index contributed by atoms with van der Waals surface area (Å²) in [5.41, 5.74) is 1.36. The Bertz CT molecular complexity index is 913. The molecule has 0 saturated heterocycles. The van der Waals surface area contributed by atoms with Gasteiger partial charge in [0.1, 0.15) is 5.60 Å². The zero-order chi connectivity index (χ0) is 21.0. The van der Waals surface area contributed by atoms with Gasteiger partial charge in [-0.1, -0.05) is 60.7 Å². The molecule has 29 heavy (non-hydrogen) atoms. The molecule has 0 amide bonds. The lowest BCUT2D eigenvalue weighted by Crippen LogP contribution is -2.28. The van der Waals surface area contributed by atoms with E-state index in [0.29, 0.717) is 13.1 Å². The van der Waals surface area contributed by atoms with Gasteiger partial charge in [0.2, 0.25) is 11.8 Å². The van der Waals surface area contributed by atoms with Gasteiger partial charge in [0.15, 0.2) is 11.6 Å². The van der Waals surface area contributed by atoms with E-state index >= 15 is 4.39 Å². The smallest absolute Gasteiger partial charge is 0.221 e. The van der Waals surface area contributed by atoms with Gasteiger partial charge in [-0.15, -0.1) is 0 Å². The molecule has 0 N–H and O–H groups in total. The van der Waals surface area contributed by atoms with Crippen molar-refractivity contribution in [3.8, 4) is 5.75 Å². The molecule has 0 aliphatic carbocycles. The molecule has 3 aromatic rings. The number of nitrogens with zero attached hydrogens (tertiary/aromatic N) is 2. The van der Waals surface area contributed by atoms with Gasteiger partial charge < -0.3 is 9.64 Å². The standard InChI is InChI=1S/C24H26F2N2O/c1-17-21(29-24(2,3)4)20(25)23(27-22(17)26)28(15-18-11-7-5-8-12-18)16-19-13-9-6-10-14-19/h5-14H,15-16H2,1-4H3. The average molecular weight is 396 g/mol. The number of anilines is 1. The molecule has 3 nitrogen and oxygen atoms in total. The number of benzene rings is 2. The summed E-state index contributed by atoms with van der Waals surface area (Å²) in [4.78, 5) is 5.69. The van der Waals surface area contributed by atoms with Crippen LogP contribution in [0.4, 0.5) is 14.6 Å². The van der Waals surface area contributed by atoms with Crippen molar-refractivity contribution in [1.29, 1.82) is 0 Å². The first kappa shape index (κ1) is 20.8. The molecule has 0 aliphatic rings. The first-order chi connectivity index (χ1) is 13.7. The Morgan fingerprint density at radius 3 is 1.79 bits per heavy atom. The lowest BCUT2D eigenvalue weighted by Gasteiger charge is -2.28. The van der Waals surface area contributed by atoms with Crippen molar-refractivity contribution in [3.05, 3.63) is 89.1 Å². The summed E-state index contributed by atoms with van der Waals surface area (Å²) in [5, 5.41) is 0. The minimum absolute atomic E-state index is 0.0555. The Morgan fingerprint density at radius 2 is 1.34 bits per heavy atom. The van der Waals surface area contributed by atoms with Crippen molar-refractivity contribution in [2.24, 2.45) is 0 Å². The highest BCUT2D eigenvalue weighted by Gasteiger charge is 2.26. The first-order valence-corrected chi connectivity index (χ1v) is 9.62. The van der Waals surface area contributed by atoms with Crippen LogP contribution in [0.15, 0.2) is 60.7 Å². The monoisotopic (exact) mass is 396 g/mol. The van der Waals surface area contributed by atoms with Gasteiger partial charge in [0, 0.05) is 18.7 Å². The number of pyridine rings is 1. The highest BCUT2D eigenvalue weighted by Crippen LogP contribution is 2.34. The molecule has 0 saturated carbocycles. The number of halogens is 2. The summed E-state index contributed by atoms with van der Waals surface area (Å²) in [6, 6.07) is 19.3. The molecule has 5 heteroatoms. The van der Waals surface area contributed by atoms with E-state index in [0.717, 1.165) is 11.1 Å². The van der Waals surface area contributed by atoms with Crippen LogP contribution in [0.1, 0.15) is 37.5 Å². The van der Waals surface area contributed by atoms with Gasteiger partial charge >= 0.3 is 0 Å². The number of aromatic nitrogens is 1. The molecular formula is C24H26F2N2O. The van der Waals surface area contributed by atoms with Gasteiger partial charge in [-0.25, -0.2) is 0 Å². The van der Waals surface area contributed by atoms with Crippen LogP contribution in [-0.4, -0.2) is 10.6 Å². The molecule has 0 spiro atoms. The van der Waals surface area contributed by atoms with E-state index in [-0.39, 0.29) is 17.1 Å². The second-order valence-electron chi connectivity index (χ2n) is 8.04. The van der Waals surface area contributed by atoms with Crippen LogP contribution in [0.25, 0.3) is 0 Å². The summed E-state index contributed by atoms with van der Waals surface area (Å²) < 4.78 is 35.9. The summed E-state index contributed by atoms with van der Waals surface area (Å²) in [6.45, 7) is 7.66. The number of hydrogen-bond donors (Lipinski definition) is 0. The van der Waals surface area contributed by atoms with Crippen molar-refractivity contribution >= 4 is 5.82 Å². The Labute approximate surface area is 171 Å². The second kappa shape index (κ2) is 8.60. The van der Waals surface area contributed by atoms with Crippen molar-refractivity contribution in [3.63, 3.8) is 0 Å². The van der Waals surface area contributed by atoms with Gasteiger partial charge in [-0.05, 0) is 38.8 Å². The highest BCUT2D eigenvalue weighted by molar-refractivity contribution is 5.50. The van der Waals surface area contributed by atoms with Gasteiger partial charge in [-0.3, -0.25) is 0 Å². The SMILES string of the molecule is Cc1c(F)nc(N(Cc2ccccc2)Cc2ccccc2)c(F)c1OC(C)(C)C. The fourth-order valence-electron chi connectivity index (χ4n) is 3.04. The molecule has 1 heterocycles. The van der Waals surface area contributed by atoms with Crippen LogP contribution in [-0.2, 0) is 13.1 Å². The maximum atomic E-state index is 15.5. The van der Waals surface area contributed by atoms with E-state index in [9.17, 15) is 4.39 Å². The quantitative estimate of drug-likeness (QED) is 0.474. The molecular weight excluding hydrogens is 370 g/mol. The van der Waals surface area contributed by atoms with Crippen LogP contribution in [0.2, 0.25) is 0 Å². The highest BCUT2D eigenvalue weighted by atomic mass is 19.1. The minimum Gasteiger partial charge on any atom is -0.484 e. The number of ether oxygens (including phenoxy) is 1. The third kappa shape index (κ3) is 5.31. The Morgan fingerprint density at radius 1 is 0.862 bits per heavy atom. The predicted octanol–water partition coefficient (Wildman–Crippen LogP) is 6.05. The maximum Gasteiger partial charge on any atom is 0.221 e. The largest absolute Gasteiger partial charge is 0.484 e. The van der Waals surface area contributed by atoms with Gasteiger partial charge in [-0.2, -0.15) is 13.8 Å². The summed E-state index contributed by atoms with van der Waals surface area (Å²) in [5.74, 6) is -1.52. The second-order valence-corrected chi connectivity index (χ2v) is 8.04. The molecule has 152 valence electrons. The molecule has 2 aromatic carbocycles. The Balaban J connectivity index is 2.06. The lowest BCUT2D eigenvalue weighted by atomic mass is 10.1. The van der Waals surface area contributed by atoms with Crippen LogP contribution in [0, 0.1) is 18.7 Å². The lowest BCUT2D eigenvalue weighted by molar-refractivity contribution is 0.122. The average Bonchev–Trinajstić information content (AvgIpc) is 2.68.